The molecule has 21 heavy (non-hydrogen) atoms. The maximum absolute atomic E-state index is 11.0. The Morgan fingerprint density at radius 2 is 2.19 bits per heavy atom. The molecule has 0 atom stereocenters. The third kappa shape index (κ3) is 3.88. The van der Waals surface area contributed by atoms with Crippen LogP contribution in [0.2, 0.25) is 0 Å². The molecule has 0 bridgehead atoms. The molecule has 0 saturated carbocycles. The fraction of sp³-hybridized carbons (Fsp3) is 0.400. The Labute approximate surface area is 123 Å². The van der Waals surface area contributed by atoms with Gasteiger partial charge < -0.3 is 10.1 Å². The average molecular weight is 289 g/mol. The molecule has 0 aliphatic heterocycles. The van der Waals surface area contributed by atoms with Crippen molar-refractivity contribution in [3.8, 4) is 5.75 Å². The number of benzene rings is 1. The molecule has 0 amide bonds. The number of aromatic nitrogens is 1. The maximum Gasteiger partial charge on any atom is 0.279 e. The van der Waals surface area contributed by atoms with Gasteiger partial charge in [-0.05, 0) is 31.2 Å². The minimum atomic E-state index is -0.402. The van der Waals surface area contributed by atoms with Crippen LogP contribution in [0.25, 0.3) is 10.9 Å². The largest absolute Gasteiger partial charge is 0.491 e. The third-order valence-corrected chi connectivity index (χ3v) is 3.04. The zero-order chi connectivity index (χ0) is 15.2. The Kier molecular flexibility index (Phi) is 5.05. The van der Waals surface area contributed by atoms with Crippen molar-refractivity contribution in [3.63, 3.8) is 0 Å². The van der Waals surface area contributed by atoms with E-state index in [2.05, 4.69) is 24.1 Å². The number of fused-ring (bicyclic) bond motifs is 1. The lowest BCUT2D eigenvalue weighted by molar-refractivity contribution is -0.383. The molecule has 2 aromatic rings. The first-order valence-corrected chi connectivity index (χ1v) is 6.98. The summed E-state index contributed by atoms with van der Waals surface area (Å²) in [5.74, 6) is 0.584. The molecule has 1 heterocycles. The van der Waals surface area contributed by atoms with Crippen LogP contribution in [-0.2, 0) is 0 Å². The highest BCUT2D eigenvalue weighted by Gasteiger charge is 2.15. The summed E-state index contributed by atoms with van der Waals surface area (Å²) in [5, 5.41) is 14.8. The van der Waals surface area contributed by atoms with Crippen LogP contribution in [0.3, 0.4) is 0 Å². The molecule has 112 valence electrons. The van der Waals surface area contributed by atoms with Gasteiger partial charge in [-0.15, -0.1) is 0 Å². The summed E-state index contributed by atoms with van der Waals surface area (Å²) in [5.41, 5.74) is 0.579. The van der Waals surface area contributed by atoms with E-state index in [1.54, 1.807) is 24.4 Å². The molecule has 0 saturated heterocycles. The molecule has 0 aliphatic carbocycles. The van der Waals surface area contributed by atoms with Crippen LogP contribution in [0, 0.1) is 10.1 Å². The number of pyridine rings is 1. The van der Waals surface area contributed by atoms with Gasteiger partial charge >= 0.3 is 0 Å². The quantitative estimate of drug-likeness (QED) is 0.482. The van der Waals surface area contributed by atoms with Gasteiger partial charge in [0, 0.05) is 18.3 Å². The van der Waals surface area contributed by atoms with Gasteiger partial charge in [0.05, 0.1) is 16.9 Å². The minimum absolute atomic E-state index is 0.0481. The zero-order valence-electron chi connectivity index (χ0n) is 12.2. The number of ether oxygens (including phenoxy) is 1. The molecular formula is C15H19N3O3. The summed E-state index contributed by atoms with van der Waals surface area (Å²) in [4.78, 5) is 14.8. The van der Waals surface area contributed by atoms with E-state index in [1.165, 1.54) is 6.07 Å². The Morgan fingerprint density at radius 1 is 1.38 bits per heavy atom. The maximum atomic E-state index is 11.0. The highest BCUT2D eigenvalue weighted by Crippen LogP contribution is 2.31. The van der Waals surface area contributed by atoms with Crippen molar-refractivity contribution >= 4 is 16.6 Å². The predicted octanol–water partition coefficient (Wildman–Crippen LogP) is 2.91. The second-order valence-electron chi connectivity index (χ2n) is 5.05. The lowest BCUT2D eigenvalue weighted by Gasteiger charge is -2.10. The van der Waals surface area contributed by atoms with Gasteiger partial charge in [-0.1, -0.05) is 13.8 Å². The first-order chi connectivity index (χ1) is 10.1. The summed E-state index contributed by atoms with van der Waals surface area (Å²) in [7, 11) is 0. The normalized spacial score (nSPS) is 11.0. The third-order valence-electron chi connectivity index (χ3n) is 3.04. The molecule has 0 aliphatic rings. The molecular weight excluding hydrogens is 270 g/mol. The zero-order valence-corrected chi connectivity index (χ0v) is 12.2. The number of nitrogens with one attached hydrogen (secondary N) is 1. The lowest BCUT2D eigenvalue weighted by Crippen LogP contribution is -2.24. The summed E-state index contributed by atoms with van der Waals surface area (Å²) in [6.45, 7) is 5.60. The minimum Gasteiger partial charge on any atom is -0.491 e. The topological polar surface area (TPSA) is 77.3 Å². The SMILES string of the molecule is CC(C)NCCCOc1ccc([N+](=O)[O-])c2cccnc12. The molecule has 6 nitrogen and oxygen atoms in total. The van der Waals surface area contributed by atoms with Crippen molar-refractivity contribution in [2.75, 3.05) is 13.2 Å². The first kappa shape index (κ1) is 15.2. The molecule has 0 fully saturated rings. The first-order valence-electron chi connectivity index (χ1n) is 6.98. The number of nitrogens with zero attached hydrogens (tertiary/aromatic N) is 2. The second-order valence-corrected chi connectivity index (χ2v) is 5.05. The number of non-ortho nitro benzene ring substituents is 1. The van der Waals surface area contributed by atoms with Gasteiger partial charge in [-0.25, -0.2) is 0 Å². The van der Waals surface area contributed by atoms with E-state index < -0.39 is 4.92 Å². The highest BCUT2D eigenvalue weighted by molar-refractivity contribution is 5.92. The fourth-order valence-electron chi connectivity index (χ4n) is 2.05. The Bertz CT molecular complexity index is 629. The monoisotopic (exact) mass is 289 g/mol. The van der Waals surface area contributed by atoms with Crippen molar-refractivity contribution in [1.29, 1.82) is 0 Å². The van der Waals surface area contributed by atoms with Crippen LogP contribution in [0.15, 0.2) is 30.5 Å². The molecule has 0 radical (unpaired) electrons. The van der Waals surface area contributed by atoms with Crippen LogP contribution in [-0.4, -0.2) is 29.1 Å². The Balaban J connectivity index is 2.11. The summed E-state index contributed by atoms with van der Waals surface area (Å²) in [6.07, 6.45) is 2.47. The van der Waals surface area contributed by atoms with Crippen molar-refractivity contribution < 1.29 is 9.66 Å². The van der Waals surface area contributed by atoms with Crippen LogP contribution >= 0.6 is 0 Å². The van der Waals surface area contributed by atoms with Crippen LogP contribution < -0.4 is 10.1 Å². The summed E-state index contributed by atoms with van der Waals surface area (Å²) in [6, 6.07) is 6.90. The number of nitro groups is 1. The van der Waals surface area contributed by atoms with Crippen LogP contribution in [0.4, 0.5) is 5.69 Å². The smallest absolute Gasteiger partial charge is 0.279 e. The van der Waals surface area contributed by atoms with Gasteiger partial charge in [-0.3, -0.25) is 15.1 Å². The summed E-state index contributed by atoms with van der Waals surface area (Å²) >= 11 is 0. The Hall–Kier alpha value is -2.21. The van der Waals surface area contributed by atoms with Crippen LogP contribution in [0.1, 0.15) is 20.3 Å². The highest BCUT2D eigenvalue weighted by atomic mass is 16.6. The van der Waals surface area contributed by atoms with Crippen molar-refractivity contribution in [1.82, 2.24) is 10.3 Å². The van der Waals surface area contributed by atoms with Gasteiger partial charge in [0.15, 0.2) is 0 Å². The molecule has 2 rings (SSSR count). The van der Waals surface area contributed by atoms with E-state index in [9.17, 15) is 10.1 Å². The van der Waals surface area contributed by atoms with Gasteiger partial charge in [0.25, 0.3) is 5.69 Å². The lowest BCUT2D eigenvalue weighted by atomic mass is 10.1. The van der Waals surface area contributed by atoms with E-state index in [4.69, 9.17) is 4.74 Å². The summed E-state index contributed by atoms with van der Waals surface area (Å²) < 4.78 is 5.71. The van der Waals surface area contributed by atoms with E-state index in [-0.39, 0.29) is 5.69 Å². The standard InChI is InChI=1S/C15H19N3O3/c1-11(2)16-9-4-10-21-14-7-6-13(18(19)20)12-5-3-8-17-15(12)14/h3,5-8,11,16H,4,9-10H2,1-2H3. The number of nitro benzene ring substituents is 1. The molecule has 0 unspecified atom stereocenters. The van der Waals surface area contributed by atoms with Crippen molar-refractivity contribution in [2.45, 2.75) is 26.3 Å². The van der Waals surface area contributed by atoms with Crippen molar-refractivity contribution in [2.24, 2.45) is 0 Å². The van der Waals surface area contributed by atoms with Gasteiger partial charge in [-0.2, -0.15) is 0 Å². The molecule has 1 aromatic carbocycles. The molecule has 1 N–H and O–H groups in total. The number of hydrogen-bond acceptors (Lipinski definition) is 5. The van der Waals surface area contributed by atoms with E-state index in [0.717, 1.165) is 13.0 Å². The van der Waals surface area contributed by atoms with E-state index in [1.807, 2.05) is 0 Å². The second kappa shape index (κ2) is 6.99. The van der Waals surface area contributed by atoms with E-state index in [0.29, 0.717) is 29.3 Å². The van der Waals surface area contributed by atoms with Crippen LogP contribution in [0.5, 0.6) is 5.75 Å². The fourth-order valence-corrected chi connectivity index (χ4v) is 2.05. The van der Waals surface area contributed by atoms with Gasteiger partial charge in [0.2, 0.25) is 0 Å². The van der Waals surface area contributed by atoms with E-state index >= 15 is 0 Å². The molecule has 1 aromatic heterocycles. The average Bonchev–Trinajstić information content (AvgIpc) is 2.46. The predicted molar refractivity (Wildman–Crippen MR) is 81.6 cm³/mol. The van der Waals surface area contributed by atoms with Gasteiger partial charge in [0.1, 0.15) is 11.3 Å². The molecule has 6 heteroatoms. The number of hydrogen-bond donors (Lipinski definition) is 1. The number of rotatable bonds is 7. The molecule has 0 spiro atoms. The Morgan fingerprint density at radius 3 is 2.90 bits per heavy atom. The van der Waals surface area contributed by atoms with Crippen molar-refractivity contribution in [3.05, 3.63) is 40.6 Å².